The summed E-state index contributed by atoms with van der Waals surface area (Å²) in [7, 11) is 0. The summed E-state index contributed by atoms with van der Waals surface area (Å²) >= 11 is 0. The van der Waals surface area contributed by atoms with Crippen molar-refractivity contribution in [2.24, 2.45) is 5.73 Å². The van der Waals surface area contributed by atoms with Gasteiger partial charge in [-0.05, 0) is 30.0 Å². The fraction of sp³-hybridized carbons (Fsp3) is 0.333. The average Bonchev–Trinajstić information content (AvgIpc) is 2.64. The van der Waals surface area contributed by atoms with E-state index < -0.39 is 11.7 Å². The number of alkyl halides is 3. The van der Waals surface area contributed by atoms with Crippen LogP contribution in [-0.2, 0) is 6.18 Å². The molecule has 1 aliphatic rings. The lowest BCUT2D eigenvalue weighted by Gasteiger charge is -2.13. The van der Waals surface area contributed by atoms with Gasteiger partial charge in [0.25, 0.3) is 0 Å². The Kier molecular flexibility index (Phi) is 2.76. The number of allylic oxidation sites excluding steroid dienone is 1. The zero-order valence-corrected chi connectivity index (χ0v) is 8.59. The molecule has 1 unspecified atom stereocenters. The summed E-state index contributed by atoms with van der Waals surface area (Å²) in [5.41, 5.74) is 6.07. The Bertz CT molecular complexity index is 421. The van der Waals surface area contributed by atoms with Gasteiger partial charge in [-0.2, -0.15) is 13.2 Å². The summed E-state index contributed by atoms with van der Waals surface area (Å²) in [4.78, 5) is 0. The van der Waals surface area contributed by atoms with Crippen LogP contribution in [0.3, 0.4) is 0 Å². The van der Waals surface area contributed by atoms with Gasteiger partial charge in [0.1, 0.15) is 0 Å². The van der Waals surface area contributed by atoms with Crippen molar-refractivity contribution in [2.45, 2.75) is 25.1 Å². The lowest BCUT2D eigenvalue weighted by atomic mass is 9.99. The Morgan fingerprint density at radius 3 is 2.44 bits per heavy atom. The van der Waals surface area contributed by atoms with Gasteiger partial charge < -0.3 is 5.73 Å². The Hall–Kier alpha value is -1.29. The van der Waals surface area contributed by atoms with Gasteiger partial charge in [0.05, 0.1) is 5.56 Å². The molecule has 0 aromatic heterocycles. The summed E-state index contributed by atoms with van der Waals surface area (Å²) < 4.78 is 38.2. The first-order valence-corrected chi connectivity index (χ1v) is 5.11. The van der Waals surface area contributed by atoms with Gasteiger partial charge in [-0.3, -0.25) is 0 Å². The first-order valence-electron chi connectivity index (χ1n) is 5.11. The summed E-state index contributed by atoms with van der Waals surface area (Å²) in [6.45, 7) is 0. The molecule has 16 heavy (non-hydrogen) atoms. The number of hydrogen-bond donors (Lipinski definition) is 1. The molecule has 0 fully saturated rings. The lowest BCUT2D eigenvalue weighted by Crippen LogP contribution is -2.12. The predicted molar refractivity (Wildman–Crippen MR) is 56.6 cm³/mol. The van der Waals surface area contributed by atoms with Crippen molar-refractivity contribution in [3.63, 3.8) is 0 Å². The number of nitrogens with two attached hydrogens (primary N) is 1. The van der Waals surface area contributed by atoms with E-state index in [-0.39, 0.29) is 11.6 Å². The van der Waals surface area contributed by atoms with E-state index in [2.05, 4.69) is 0 Å². The van der Waals surface area contributed by atoms with Crippen LogP contribution in [0, 0.1) is 0 Å². The van der Waals surface area contributed by atoms with Crippen LogP contribution < -0.4 is 5.73 Å². The van der Waals surface area contributed by atoms with E-state index >= 15 is 0 Å². The number of benzene rings is 1. The quantitative estimate of drug-likeness (QED) is 0.783. The molecule has 0 saturated heterocycles. The highest BCUT2D eigenvalue weighted by atomic mass is 19.4. The Labute approximate surface area is 91.8 Å². The molecule has 0 saturated carbocycles. The molecule has 0 radical (unpaired) electrons. The molecule has 1 aliphatic carbocycles. The minimum Gasteiger partial charge on any atom is -0.324 e. The van der Waals surface area contributed by atoms with Crippen LogP contribution in [0.5, 0.6) is 0 Å². The molecule has 1 nitrogen and oxygen atoms in total. The maximum Gasteiger partial charge on any atom is 0.416 e. The molecule has 0 spiro atoms. The van der Waals surface area contributed by atoms with E-state index in [1.807, 2.05) is 0 Å². The van der Waals surface area contributed by atoms with Crippen LogP contribution in [0.4, 0.5) is 13.2 Å². The van der Waals surface area contributed by atoms with Crippen molar-refractivity contribution in [2.75, 3.05) is 0 Å². The van der Waals surface area contributed by atoms with E-state index in [1.54, 1.807) is 12.1 Å². The third-order valence-electron chi connectivity index (χ3n) is 2.74. The minimum atomic E-state index is -4.30. The summed E-state index contributed by atoms with van der Waals surface area (Å²) in [6, 6.07) is 5.53. The van der Waals surface area contributed by atoms with Gasteiger partial charge in [0, 0.05) is 6.04 Å². The van der Waals surface area contributed by atoms with Crippen molar-refractivity contribution in [1.29, 1.82) is 0 Å². The summed E-state index contributed by atoms with van der Waals surface area (Å²) in [5.74, 6) is 0. The second kappa shape index (κ2) is 3.94. The number of halogens is 3. The zero-order chi connectivity index (χ0) is 11.8. The molecular formula is C12H12F3N. The zero-order valence-electron chi connectivity index (χ0n) is 8.59. The maximum absolute atomic E-state index is 12.7. The highest BCUT2D eigenvalue weighted by molar-refractivity contribution is 5.71. The van der Waals surface area contributed by atoms with Crippen LogP contribution >= 0.6 is 0 Å². The molecule has 2 rings (SSSR count). The van der Waals surface area contributed by atoms with Gasteiger partial charge in [-0.25, -0.2) is 0 Å². The largest absolute Gasteiger partial charge is 0.416 e. The topological polar surface area (TPSA) is 26.0 Å². The third-order valence-corrected chi connectivity index (χ3v) is 2.74. The second-order valence-corrected chi connectivity index (χ2v) is 3.94. The summed E-state index contributed by atoms with van der Waals surface area (Å²) in [5, 5.41) is 0. The second-order valence-electron chi connectivity index (χ2n) is 3.94. The van der Waals surface area contributed by atoms with Gasteiger partial charge in [0.2, 0.25) is 0 Å². The molecule has 0 amide bonds. The molecule has 0 aliphatic heterocycles. The highest BCUT2D eigenvalue weighted by Gasteiger charge is 2.34. The number of rotatable bonds is 1. The van der Waals surface area contributed by atoms with Gasteiger partial charge >= 0.3 is 6.18 Å². The van der Waals surface area contributed by atoms with Crippen molar-refractivity contribution >= 4 is 5.57 Å². The Balaban J connectivity index is 2.45. The van der Waals surface area contributed by atoms with Crippen LogP contribution in [-0.4, -0.2) is 6.04 Å². The molecule has 86 valence electrons. The Morgan fingerprint density at radius 1 is 1.19 bits per heavy atom. The van der Waals surface area contributed by atoms with Crippen LogP contribution in [0.2, 0.25) is 0 Å². The predicted octanol–water partition coefficient (Wildman–Crippen LogP) is 3.21. The molecule has 4 heteroatoms. The van der Waals surface area contributed by atoms with E-state index in [1.165, 1.54) is 12.1 Å². The van der Waals surface area contributed by atoms with E-state index in [4.69, 9.17) is 5.73 Å². The average molecular weight is 227 g/mol. The molecular weight excluding hydrogens is 215 g/mol. The summed E-state index contributed by atoms with van der Waals surface area (Å²) in [6.07, 6.45) is -1.23. The maximum atomic E-state index is 12.7. The van der Waals surface area contributed by atoms with Crippen molar-refractivity contribution in [3.8, 4) is 0 Å². The number of hydrogen-bond acceptors (Lipinski definition) is 1. The lowest BCUT2D eigenvalue weighted by molar-refractivity contribution is -0.137. The first-order chi connectivity index (χ1) is 7.48. The molecule has 1 aromatic carbocycles. The molecule has 2 N–H and O–H groups in total. The van der Waals surface area contributed by atoms with Crippen molar-refractivity contribution < 1.29 is 13.2 Å². The van der Waals surface area contributed by atoms with Crippen molar-refractivity contribution in [3.05, 3.63) is 41.5 Å². The molecule has 0 heterocycles. The van der Waals surface area contributed by atoms with Crippen LogP contribution in [0.1, 0.15) is 24.0 Å². The Morgan fingerprint density at radius 2 is 1.88 bits per heavy atom. The SMILES string of the molecule is NC1C=C(c2ccccc2C(F)(F)F)CC1. The fourth-order valence-electron chi connectivity index (χ4n) is 1.98. The fourth-order valence-corrected chi connectivity index (χ4v) is 1.98. The first kappa shape index (κ1) is 11.2. The van der Waals surface area contributed by atoms with Crippen LogP contribution in [0.15, 0.2) is 30.3 Å². The van der Waals surface area contributed by atoms with Gasteiger partial charge in [0.15, 0.2) is 0 Å². The van der Waals surface area contributed by atoms with Crippen LogP contribution in [0.25, 0.3) is 5.57 Å². The van der Waals surface area contributed by atoms with Crippen molar-refractivity contribution in [1.82, 2.24) is 0 Å². The monoisotopic (exact) mass is 227 g/mol. The van der Waals surface area contributed by atoms with Gasteiger partial charge in [-0.15, -0.1) is 0 Å². The minimum absolute atomic E-state index is 0.115. The standard InChI is InChI=1S/C12H12F3N/c13-12(14,15)11-4-2-1-3-10(11)8-5-6-9(16)7-8/h1-4,7,9H,5-6,16H2. The normalized spacial score (nSPS) is 21.0. The van der Waals surface area contributed by atoms with E-state index in [9.17, 15) is 13.2 Å². The smallest absolute Gasteiger partial charge is 0.324 e. The highest BCUT2D eigenvalue weighted by Crippen LogP contribution is 2.37. The third kappa shape index (κ3) is 2.11. The molecule has 1 atom stereocenters. The molecule has 0 bridgehead atoms. The van der Waals surface area contributed by atoms with Gasteiger partial charge in [-0.1, -0.05) is 24.3 Å². The molecule has 1 aromatic rings. The van der Waals surface area contributed by atoms with E-state index in [0.717, 1.165) is 12.5 Å². The van der Waals surface area contributed by atoms with E-state index in [0.29, 0.717) is 12.0 Å².